The fourth-order valence-electron chi connectivity index (χ4n) is 3.16. The summed E-state index contributed by atoms with van der Waals surface area (Å²) in [5, 5.41) is 0.998. The number of hydrogen-bond acceptors (Lipinski definition) is 4. The summed E-state index contributed by atoms with van der Waals surface area (Å²) in [4.78, 5) is 14.2. The van der Waals surface area contributed by atoms with Gasteiger partial charge in [-0.15, -0.1) is 0 Å². The molecule has 140 valence electrons. The minimum absolute atomic E-state index is 0.302. The molecule has 0 fully saturated rings. The number of aryl methyl sites for hydroxylation is 2. The fourth-order valence-corrected chi connectivity index (χ4v) is 3.16. The molecule has 0 radical (unpaired) electrons. The highest BCUT2D eigenvalue weighted by Gasteiger charge is 2.11. The highest BCUT2D eigenvalue weighted by molar-refractivity contribution is 5.83. The van der Waals surface area contributed by atoms with E-state index in [0.29, 0.717) is 18.7 Å². The zero-order valence-electron chi connectivity index (χ0n) is 16.1. The quantitative estimate of drug-likeness (QED) is 0.454. The van der Waals surface area contributed by atoms with E-state index >= 15 is 0 Å². The van der Waals surface area contributed by atoms with Gasteiger partial charge in [-0.25, -0.2) is 4.79 Å². The van der Waals surface area contributed by atoms with Gasteiger partial charge in [-0.1, -0.05) is 36.9 Å². The van der Waals surface area contributed by atoms with Gasteiger partial charge in [-0.2, -0.15) is 0 Å². The normalized spacial score (nSPS) is 11.1. The van der Waals surface area contributed by atoms with E-state index in [0.717, 1.165) is 34.4 Å². The summed E-state index contributed by atoms with van der Waals surface area (Å²) in [6.45, 7) is 9.60. The smallest absolute Gasteiger partial charge is 0.336 e. The van der Waals surface area contributed by atoms with E-state index in [1.54, 1.807) is 12.1 Å². The minimum atomic E-state index is -0.302. The molecule has 0 saturated carbocycles. The Balaban J connectivity index is 1.78. The molecule has 1 heterocycles. The summed E-state index contributed by atoms with van der Waals surface area (Å²) in [6, 6.07) is 13.7. The van der Waals surface area contributed by atoms with E-state index in [4.69, 9.17) is 9.15 Å². The third-order valence-electron chi connectivity index (χ3n) is 4.70. The molecule has 3 aromatic rings. The van der Waals surface area contributed by atoms with Crippen molar-refractivity contribution in [2.45, 2.75) is 26.9 Å². The molecule has 27 heavy (non-hydrogen) atoms. The minimum Gasteiger partial charge on any atom is -0.490 e. The van der Waals surface area contributed by atoms with E-state index < -0.39 is 0 Å². The Kier molecular flexibility index (Phi) is 5.77. The molecule has 0 amide bonds. The van der Waals surface area contributed by atoms with Gasteiger partial charge in [0.05, 0.1) is 0 Å². The first-order valence-electron chi connectivity index (χ1n) is 9.02. The second-order valence-corrected chi connectivity index (χ2v) is 6.89. The Morgan fingerprint density at radius 3 is 2.56 bits per heavy atom. The predicted molar refractivity (Wildman–Crippen MR) is 109 cm³/mol. The lowest BCUT2D eigenvalue weighted by molar-refractivity contribution is 0.319. The third kappa shape index (κ3) is 4.47. The predicted octanol–water partition coefficient (Wildman–Crippen LogP) is 4.61. The molecule has 0 aliphatic heterocycles. The van der Waals surface area contributed by atoms with Gasteiger partial charge in [0.25, 0.3) is 0 Å². The maximum atomic E-state index is 12.0. The van der Waals surface area contributed by atoms with E-state index in [2.05, 4.69) is 29.7 Å². The standard InChI is InChI=1S/C23H25NO3/c1-5-12-26-20-9-7-18(8-10-20)14-24(4)15-19-13-22(25)27-23-17(3)16(2)6-11-21(19)23/h5-11,13H,1,12,14-15H2,2-4H3. The molecule has 0 unspecified atom stereocenters. The summed E-state index contributed by atoms with van der Waals surface area (Å²) in [5.41, 5.74) is 4.69. The van der Waals surface area contributed by atoms with Crippen LogP contribution in [0, 0.1) is 13.8 Å². The van der Waals surface area contributed by atoms with Gasteiger partial charge in [0.15, 0.2) is 0 Å². The van der Waals surface area contributed by atoms with Crippen LogP contribution in [0.5, 0.6) is 5.75 Å². The van der Waals surface area contributed by atoms with Gasteiger partial charge >= 0.3 is 5.63 Å². The molecule has 0 N–H and O–H groups in total. The molecular formula is C23H25NO3. The van der Waals surface area contributed by atoms with Crippen molar-refractivity contribution in [1.82, 2.24) is 4.90 Å². The van der Waals surface area contributed by atoms with Crippen molar-refractivity contribution in [3.05, 3.63) is 87.8 Å². The van der Waals surface area contributed by atoms with Crippen LogP contribution in [0.2, 0.25) is 0 Å². The highest BCUT2D eigenvalue weighted by Crippen LogP contribution is 2.24. The molecular weight excluding hydrogens is 338 g/mol. The van der Waals surface area contributed by atoms with Crippen LogP contribution in [-0.2, 0) is 13.1 Å². The molecule has 0 saturated heterocycles. The summed E-state index contributed by atoms with van der Waals surface area (Å²) in [5.74, 6) is 0.832. The fraction of sp³-hybridized carbons (Fsp3) is 0.261. The maximum absolute atomic E-state index is 12.0. The van der Waals surface area contributed by atoms with Crippen molar-refractivity contribution < 1.29 is 9.15 Å². The number of nitrogens with zero attached hydrogens (tertiary/aromatic N) is 1. The van der Waals surface area contributed by atoms with Crippen LogP contribution >= 0.6 is 0 Å². The molecule has 0 aliphatic carbocycles. The maximum Gasteiger partial charge on any atom is 0.336 e. The van der Waals surface area contributed by atoms with E-state index in [1.165, 1.54) is 5.56 Å². The van der Waals surface area contributed by atoms with Crippen LogP contribution in [-0.4, -0.2) is 18.6 Å². The van der Waals surface area contributed by atoms with E-state index in [-0.39, 0.29) is 5.63 Å². The Morgan fingerprint density at radius 1 is 1.11 bits per heavy atom. The van der Waals surface area contributed by atoms with E-state index in [1.807, 2.05) is 39.1 Å². The lowest BCUT2D eigenvalue weighted by atomic mass is 10.0. The summed E-state index contributed by atoms with van der Waals surface area (Å²) < 4.78 is 11.0. The van der Waals surface area contributed by atoms with Crippen LogP contribution < -0.4 is 10.4 Å². The van der Waals surface area contributed by atoms with Gasteiger partial charge in [0, 0.05) is 24.5 Å². The number of rotatable bonds is 7. The molecule has 1 aromatic heterocycles. The molecule has 4 heteroatoms. The number of ether oxygens (including phenoxy) is 1. The highest BCUT2D eigenvalue weighted by atomic mass is 16.5. The van der Waals surface area contributed by atoms with Crippen molar-refractivity contribution in [2.24, 2.45) is 0 Å². The van der Waals surface area contributed by atoms with Crippen LogP contribution in [0.3, 0.4) is 0 Å². The van der Waals surface area contributed by atoms with Gasteiger partial charge < -0.3 is 9.15 Å². The molecule has 2 aromatic carbocycles. The summed E-state index contributed by atoms with van der Waals surface area (Å²) in [6.07, 6.45) is 1.73. The van der Waals surface area contributed by atoms with Crippen LogP contribution in [0.25, 0.3) is 11.0 Å². The summed E-state index contributed by atoms with van der Waals surface area (Å²) >= 11 is 0. The third-order valence-corrected chi connectivity index (χ3v) is 4.70. The van der Waals surface area contributed by atoms with Crippen molar-refractivity contribution in [1.29, 1.82) is 0 Å². The lowest BCUT2D eigenvalue weighted by Crippen LogP contribution is -2.18. The first-order valence-corrected chi connectivity index (χ1v) is 9.02. The molecule has 0 aliphatic rings. The van der Waals surface area contributed by atoms with Crippen molar-refractivity contribution in [3.63, 3.8) is 0 Å². The molecule has 0 bridgehead atoms. The summed E-state index contributed by atoms with van der Waals surface area (Å²) in [7, 11) is 2.05. The monoisotopic (exact) mass is 363 g/mol. The van der Waals surface area contributed by atoms with Crippen molar-refractivity contribution in [3.8, 4) is 5.75 Å². The SMILES string of the molecule is C=CCOc1ccc(CN(C)Cc2cc(=O)oc3c(C)c(C)ccc23)cc1. The molecule has 4 nitrogen and oxygen atoms in total. The van der Waals surface area contributed by atoms with Crippen molar-refractivity contribution >= 4 is 11.0 Å². The van der Waals surface area contributed by atoms with Crippen LogP contribution in [0.4, 0.5) is 0 Å². The largest absolute Gasteiger partial charge is 0.490 e. The van der Waals surface area contributed by atoms with Gasteiger partial charge in [0.2, 0.25) is 0 Å². The van der Waals surface area contributed by atoms with Gasteiger partial charge in [0.1, 0.15) is 17.9 Å². The molecule has 0 spiro atoms. The second-order valence-electron chi connectivity index (χ2n) is 6.89. The Morgan fingerprint density at radius 2 is 1.85 bits per heavy atom. The Hall–Kier alpha value is -2.85. The van der Waals surface area contributed by atoms with Gasteiger partial charge in [-0.3, -0.25) is 4.90 Å². The average Bonchev–Trinajstić information content (AvgIpc) is 2.64. The molecule has 3 rings (SSSR count). The number of benzene rings is 2. The average molecular weight is 363 g/mol. The van der Waals surface area contributed by atoms with Crippen molar-refractivity contribution in [2.75, 3.05) is 13.7 Å². The Labute approximate surface area is 159 Å². The Bertz CT molecular complexity index is 1000. The lowest BCUT2D eigenvalue weighted by Gasteiger charge is -2.18. The zero-order valence-corrected chi connectivity index (χ0v) is 16.1. The topological polar surface area (TPSA) is 42.7 Å². The van der Waals surface area contributed by atoms with Gasteiger partial charge in [-0.05, 0) is 55.3 Å². The first-order chi connectivity index (χ1) is 13.0. The van der Waals surface area contributed by atoms with E-state index in [9.17, 15) is 4.79 Å². The number of fused-ring (bicyclic) bond motifs is 1. The van der Waals surface area contributed by atoms with Crippen LogP contribution in [0.15, 0.2) is 64.3 Å². The first kappa shape index (κ1) is 18.9. The zero-order chi connectivity index (χ0) is 19.4. The second kappa shape index (κ2) is 8.23. The van der Waals surface area contributed by atoms with Crippen LogP contribution in [0.1, 0.15) is 22.3 Å². The number of hydrogen-bond donors (Lipinski definition) is 0. The molecule has 0 atom stereocenters.